The minimum absolute atomic E-state index is 0.465. The zero-order valence-corrected chi connectivity index (χ0v) is 21.3. The smallest absolute Gasteiger partial charge is 0.148 e. The fourth-order valence-corrected chi connectivity index (χ4v) is 5.70. The van der Waals surface area contributed by atoms with Crippen LogP contribution in [0.3, 0.4) is 0 Å². The highest BCUT2D eigenvalue weighted by Crippen LogP contribution is 2.30. The molecule has 5 nitrogen and oxygen atoms in total. The first-order valence-electron chi connectivity index (χ1n) is 13.8. The summed E-state index contributed by atoms with van der Waals surface area (Å²) >= 11 is 0. The molecule has 1 aliphatic heterocycles. The lowest BCUT2D eigenvalue weighted by Crippen LogP contribution is -2.27. The molecule has 1 N–H and O–H groups in total. The minimum atomic E-state index is 0.465. The van der Waals surface area contributed by atoms with Crippen LogP contribution >= 0.6 is 0 Å². The van der Waals surface area contributed by atoms with E-state index in [0.29, 0.717) is 12.5 Å². The summed E-state index contributed by atoms with van der Waals surface area (Å²) in [6.07, 6.45) is 11.7. The van der Waals surface area contributed by atoms with Crippen molar-refractivity contribution in [1.82, 2.24) is 14.9 Å². The molecule has 0 bridgehead atoms. The van der Waals surface area contributed by atoms with E-state index in [1.807, 2.05) is 12.1 Å². The normalized spacial score (nSPS) is 17.6. The predicted octanol–water partition coefficient (Wildman–Crippen LogP) is 6.66. The van der Waals surface area contributed by atoms with E-state index in [-0.39, 0.29) is 0 Å². The van der Waals surface area contributed by atoms with Crippen molar-refractivity contribution in [2.75, 3.05) is 19.7 Å². The lowest BCUT2D eigenvalue weighted by molar-refractivity contribution is 0.210. The molecule has 2 aliphatic rings. The molecule has 3 aromatic rings. The number of fused-ring (bicyclic) bond motifs is 1. The number of aromatic nitrogens is 2. The first-order chi connectivity index (χ1) is 17.3. The average Bonchev–Trinajstić information content (AvgIpc) is 3.26. The van der Waals surface area contributed by atoms with Crippen molar-refractivity contribution in [1.29, 1.82) is 0 Å². The van der Waals surface area contributed by atoms with Crippen molar-refractivity contribution in [2.24, 2.45) is 11.8 Å². The van der Waals surface area contributed by atoms with Gasteiger partial charge in [0.2, 0.25) is 0 Å². The maximum Gasteiger partial charge on any atom is 0.148 e. The molecule has 2 fully saturated rings. The van der Waals surface area contributed by atoms with Crippen LogP contribution in [0.4, 0.5) is 0 Å². The fraction of sp³-hybridized carbons (Fsp3) is 0.567. The van der Waals surface area contributed by atoms with Gasteiger partial charge in [-0.25, -0.2) is 4.98 Å². The van der Waals surface area contributed by atoms with Gasteiger partial charge < -0.3 is 19.4 Å². The molecule has 0 unspecified atom stereocenters. The molecular weight excluding hydrogens is 434 g/mol. The number of nitrogens with zero attached hydrogens (tertiary/aromatic N) is 2. The fourth-order valence-electron chi connectivity index (χ4n) is 5.70. The molecule has 1 aromatic heterocycles. The Hall–Kier alpha value is -2.53. The van der Waals surface area contributed by atoms with E-state index in [4.69, 9.17) is 14.5 Å². The topological polar surface area (TPSA) is 48.3 Å². The molecule has 0 amide bonds. The Morgan fingerprint density at radius 1 is 0.914 bits per heavy atom. The lowest BCUT2D eigenvalue weighted by atomic mass is 9.90. The summed E-state index contributed by atoms with van der Waals surface area (Å²) in [5, 5.41) is 3.48. The predicted molar refractivity (Wildman–Crippen MR) is 142 cm³/mol. The number of piperidine rings is 1. The van der Waals surface area contributed by atoms with Crippen molar-refractivity contribution < 1.29 is 9.47 Å². The second-order valence-electron chi connectivity index (χ2n) is 10.6. The molecule has 35 heavy (non-hydrogen) atoms. The van der Waals surface area contributed by atoms with E-state index < -0.39 is 0 Å². The van der Waals surface area contributed by atoms with Gasteiger partial charge in [-0.3, -0.25) is 0 Å². The zero-order chi connectivity index (χ0) is 23.9. The van der Waals surface area contributed by atoms with Crippen LogP contribution in [0.1, 0.15) is 69.2 Å². The van der Waals surface area contributed by atoms with Gasteiger partial charge in [-0.05, 0) is 94.6 Å². The largest absolute Gasteiger partial charge is 0.491 e. The minimum Gasteiger partial charge on any atom is -0.491 e. The molecule has 0 atom stereocenters. The molecule has 2 aromatic carbocycles. The molecule has 1 aliphatic carbocycles. The maximum absolute atomic E-state index is 6.38. The van der Waals surface area contributed by atoms with E-state index in [9.17, 15) is 0 Å². The number of benzene rings is 2. The summed E-state index contributed by atoms with van der Waals surface area (Å²) in [5.74, 6) is 4.31. The highest BCUT2D eigenvalue weighted by Gasteiger charge is 2.19. The summed E-state index contributed by atoms with van der Waals surface area (Å²) in [6.45, 7) is 6.66. The van der Waals surface area contributed by atoms with Gasteiger partial charge in [-0.15, -0.1) is 0 Å². The van der Waals surface area contributed by atoms with Crippen molar-refractivity contribution in [2.45, 2.75) is 77.9 Å². The first-order valence-corrected chi connectivity index (χ1v) is 13.8. The SMILES string of the molecule is Cc1ccc(OCc2nc3c(OCC4CCCCC4)cccc3n2CCCC2CCNCC2)cc1. The molecule has 5 rings (SSSR count). The summed E-state index contributed by atoms with van der Waals surface area (Å²) in [5.41, 5.74) is 3.38. The van der Waals surface area contributed by atoms with Crippen LogP contribution in [0.5, 0.6) is 11.5 Å². The van der Waals surface area contributed by atoms with Crippen LogP contribution in [0.25, 0.3) is 11.0 Å². The average molecular weight is 476 g/mol. The third-order valence-corrected chi connectivity index (χ3v) is 7.86. The second kappa shape index (κ2) is 11.9. The Labute approximate surface area is 210 Å². The Bertz CT molecular complexity index is 1060. The van der Waals surface area contributed by atoms with Crippen molar-refractivity contribution >= 4 is 11.0 Å². The van der Waals surface area contributed by atoms with Gasteiger partial charge in [0.15, 0.2) is 0 Å². The Kier molecular flexibility index (Phi) is 8.25. The van der Waals surface area contributed by atoms with Gasteiger partial charge in [-0.2, -0.15) is 0 Å². The number of hydrogen-bond donors (Lipinski definition) is 1. The summed E-state index contributed by atoms with van der Waals surface area (Å²) < 4.78 is 14.9. The molecule has 188 valence electrons. The van der Waals surface area contributed by atoms with Crippen molar-refractivity contribution in [3.63, 3.8) is 0 Å². The quantitative estimate of drug-likeness (QED) is 0.356. The molecule has 0 spiro atoms. The van der Waals surface area contributed by atoms with Gasteiger partial charge >= 0.3 is 0 Å². The van der Waals surface area contributed by atoms with Crippen LogP contribution < -0.4 is 14.8 Å². The van der Waals surface area contributed by atoms with Gasteiger partial charge in [-0.1, -0.05) is 43.0 Å². The number of para-hydroxylation sites is 1. The summed E-state index contributed by atoms with van der Waals surface area (Å²) in [7, 11) is 0. The molecule has 2 heterocycles. The van der Waals surface area contributed by atoms with Gasteiger partial charge in [0.25, 0.3) is 0 Å². The van der Waals surface area contributed by atoms with Gasteiger partial charge in [0.05, 0.1) is 12.1 Å². The Morgan fingerprint density at radius 3 is 2.51 bits per heavy atom. The molecular formula is C30H41N3O2. The number of ether oxygens (including phenoxy) is 2. The number of rotatable bonds is 10. The Morgan fingerprint density at radius 2 is 1.71 bits per heavy atom. The molecule has 1 saturated heterocycles. The van der Waals surface area contributed by atoms with Crippen LogP contribution in [0, 0.1) is 18.8 Å². The van der Waals surface area contributed by atoms with E-state index >= 15 is 0 Å². The molecule has 1 saturated carbocycles. The number of imidazole rings is 1. The van der Waals surface area contributed by atoms with E-state index in [1.165, 1.54) is 68.9 Å². The zero-order valence-electron chi connectivity index (χ0n) is 21.3. The number of aryl methyl sites for hydroxylation is 2. The summed E-state index contributed by atoms with van der Waals surface area (Å²) in [4.78, 5) is 5.08. The first kappa shape index (κ1) is 24.2. The van der Waals surface area contributed by atoms with Crippen LogP contribution in [0.2, 0.25) is 0 Å². The van der Waals surface area contributed by atoms with Crippen molar-refractivity contribution in [3.05, 3.63) is 53.9 Å². The maximum atomic E-state index is 6.38. The van der Waals surface area contributed by atoms with E-state index in [1.54, 1.807) is 0 Å². The third kappa shape index (κ3) is 6.38. The number of nitrogens with one attached hydrogen (secondary N) is 1. The number of hydrogen-bond acceptors (Lipinski definition) is 4. The highest BCUT2D eigenvalue weighted by atomic mass is 16.5. The monoisotopic (exact) mass is 475 g/mol. The molecule has 0 radical (unpaired) electrons. The molecule has 5 heteroatoms. The third-order valence-electron chi connectivity index (χ3n) is 7.86. The van der Waals surface area contributed by atoms with Crippen LogP contribution in [-0.2, 0) is 13.2 Å². The lowest BCUT2D eigenvalue weighted by Gasteiger charge is -2.22. The van der Waals surface area contributed by atoms with Crippen molar-refractivity contribution in [3.8, 4) is 11.5 Å². The highest BCUT2D eigenvalue weighted by molar-refractivity contribution is 5.82. The standard InChI is InChI=1S/C30H41N3O2/c1-23-12-14-26(15-13-23)34-22-29-32-30-27(33(29)20-6-9-24-16-18-31-19-17-24)10-5-11-28(30)35-21-25-7-3-2-4-8-25/h5,10-15,24-25,31H,2-4,6-9,16-22H2,1H3. The summed E-state index contributed by atoms with van der Waals surface area (Å²) in [6, 6.07) is 14.7. The van der Waals surface area contributed by atoms with Gasteiger partial charge in [0.1, 0.15) is 29.4 Å². The van der Waals surface area contributed by atoms with E-state index in [0.717, 1.165) is 55.0 Å². The van der Waals surface area contributed by atoms with Crippen LogP contribution in [-0.4, -0.2) is 29.2 Å². The second-order valence-corrected chi connectivity index (χ2v) is 10.6. The van der Waals surface area contributed by atoms with E-state index in [2.05, 4.69) is 47.1 Å². The Balaban J connectivity index is 1.33. The van der Waals surface area contributed by atoms with Crippen LogP contribution in [0.15, 0.2) is 42.5 Å². The van der Waals surface area contributed by atoms with Gasteiger partial charge in [0, 0.05) is 6.54 Å².